The monoisotopic (exact) mass is 313 g/mol. The molecule has 1 aliphatic heterocycles. The smallest absolute Gasteiger partial charge is 0.232 e. The second-order valence-electron chi connectivity index (χ2n) is 5.15. The summed E-state index contributed by atoms with van der Waals surface area (Å²) < 4.78 is 0. The summed E-state index contributed by atoms with van der Waals surface area (Å²) in [4.78, 5) is 14.0. The molecule has 2 rings (SSSR count). The molecule has 0 radical (unpaired) electrons. The molecule has 1 aromatic rings. The van der Waals surface area contributed by atoms with Crippen LogP contribution in [0.25, 0.3) is 0 Å². The number of carbonyl (C=O) groups excluding carboxylic acids is 1. The summed E-state index contributed by atoms with van der Waals surface area (Å²) >= 11 is 7.46. The van der Waals surface area contributed by atoms with E-state index in [9.17, 15) is 9.90 Å². The van der Waals surface area contributed by atoms with Gasteiger partial charge in [-0.3, -0.25) is 4.79 Å². The third-order valence-corrected chi connectivity index (χ3v) is 4.78. The fourth-order valence-corrected chi connectivity index (χ4v) is 3.38. The van der Waals surface area contributed by atoms with Crippen molar-refractivity contribution in [2.24, 2.45) is 5.92 Å². The van der Waals surface area contributed by atoms with Gasteiger partial charge in [-0.15, -0.1) is 11.8 Å². The van der Waals surface area contributed by atoms with Crippen molar-refractivity contribution in [3.8, 4) is 0 Å². The molecule has 0 aliphatic carbocycles. The molecule has 1 fully saturated rings. The normalized spacial score (nSPS) is 19.1. The lowest BCUT2D eigenvalue weighted by molar-refractivity contribution is -0.130. The van der Waals surface area contributed by atoms with E-state index in [1.165, 1.54) is 5.56 Å². The van der Waals surface area contributed by atoms with Crippen LogP contribution in [0.5, 0.6) is 0 Å². The highest BCUT2D eigenvalue weighted by Gasteiger charge is 2.22. The van der Waals surface area contributed by atoms with Gasteiger partial charge in [0.05, 0.1) is 5.75 Å². The Hall–Kier alpha value is -0.710. The average Bonchev–Trinajstić information content (AvgIpc) is 2.49. The van der Waals surface area contributed by atoms with Gasteiger partial charge in [0.2, 0.25) is 5.91 Å². The number of thioether (sulfide) groups is 1. The predicted octanol–water partition coefficient (Wildman–Crippen LogP) is 2.80. The quantitative estimate of drug-likeness (QED) is 0.908. The summed E-state index contributed by atoms with van der Waals surface area (Å²) in [6.45, 7) is 1.72. The topological polar surface area (TPSA) is 40.5 Å². The van der Waals surface area contributed by atoms with E-state index in [0.29, 0.717) is 12.3 Å². The van der Waals surface area contributed by atoms with Crippen molar-refractivity contribution in [3.63, 3.8) is 0 Å². The molecular formula is C15H20ClNO2S. The number of halogens is 1. The minimum absolute atomic E-state index is 0.182. The Morgan fingerprint density at radius 3 is 2.85 bits per heavy atom. The van der Waals surface area contributed by atoms with Crippen molar-refractivity contribution in [1.29, 1.82) is 0 Å². The van der Waals surface area contributed by atoms with Crippen LogP contribution >= 0.6 is 23.4 Å². The first-order valence-corrected chi connectivity index (χ1v) is 8.43. The van der Waals surface area contributed by atoms with Crippen LogP contribution in [-0.2, 0) is 10.5 Å². The molecule has 20 heavy (non-hydrogen) atoms. The van der Waals surface area contributed by atoms with Gasteiger partial charge in [0.15, 0.2) is 0 Å². The zero-order valence-corrected chi connectivity index (χ0v) is 13.0. The van der Waals surface area contributed by atoms with Crippen molar-refractivity contribution in [2.75, 3.05) is 25.4 Å². The van der Waals surface area contributed by atoms with Crippen LogP contribution in [0.4, 0.5) is 0 Å². The maximum Gasteiger partial charge on any atom is 0.232 e. The molecule has 0 saturated carbocycles. The Labute approximate surface area is 129 Å². The Bertz CT molecular complexity index is 438. The third kappa shape index (κ3) is 4.69. The van der Waals surface area contributed by atoms with Crippen molar-refractivity contribution in [1.82, 2.24) is 4.90 Å². The molecule has 1 atom stereocenters. The van der Waals surface area contributed by atoms with E-state index in [0.717, 1.165) is 30.2 Å². The molecular weight excluding hydrogens is 294 g/mol. The number of aliphatic hydroxyl groups excluding tert-OH is 1. The van der Waals surface area contributed by atoms with Gasteiger partial charge in [-0.05, 0) is 36.5 Å². The molecule has 0 bridgehead atoms. The number of nitrogens with zero attached hydrogens (tertiary/aromatic N) is 1. The molecule has 5 heteroatoms. The zero-order valence-electron chi connectivity index (χ0n) is 11.4. The Kier molecular flexibility index (Phi) is 6.20. The van der Waals surface area contributed by atoms with Crippen molar-refractivity contribution in [2.45, 2.75) is 18.6 Å². The van der Waals surface area contributed by atoms with Gasteiger partial charge in [-0.1, -0.05) is 23.7 Å². The van der Waals surface area contributed by atoms with Crippen LogP contribution in [0.15, 0.2) is 24.3 Å². The standard InChI is InChI=1S/C15H20ClNO2S/c16-14-5-3-12(4-6-14)10-20-11-15(19)17-7-1-2-13(8-17)9-18/h3-6,13,18H,1-2,7-11H2. The fraction of sp³-hybridized carbons (Fsp3) is 0.533. The predicted molar refractivity (Wildman–Crippen MR) is 84.0 cm³/mol. The van der Waals surface area contributed by atoms with E-state index in [-0.39, 0.29) is 18.4 Å². The second-order valence-corrected chi connectivity index (χ2v) is 6.57. The summed E-state index contributed by atoms with van der Waals surface area (Å²) in [5.74, 6) is 1.76. The summed E-state index contributed by atoms with van der Waals surface area (Å²) in [6, 6.07) is 7.72. The summed E-state index contributed by atoms with van der Waals surface area (Å²) in [7, 11) is 0. The molecule has 1 aliphatic rings. The molecule has 1 unspecified atom stereocenters. The molecule has 1 heterocycles. The highest BCUT2D eigenvalue weighted by molar-refractivity contribution is 7.99. The largest absolute Gasteiger partial charge is 0.396 e. The molecule has 1 amide bonds. The summed E-state index contributed by atoms with van der Waals surface area (Å²) in [5, 5.41) is 9.92. The summed E-state index contributed by atoms with van der Waals surface area (Å²) in [6.07, 6.45) is 2.02. The van der Waals surface area contributed by atoms with E-state index < -0.39 is 0 Å². The van der Waals surface area contributed by atoms with Crippen molar-refractivity contribution < 1.29 is 9.90 Å². The van der Waals surface area contributed by atoms with Crippen LogP contribution < -0.4 is 0 Å². The highest BCUT2D eigenvalue weighted by Crippen LogP contribution is 2.19. The molecule has 1 N–H and O–H groups in total. The fourth-order valence-electron chi connectivity index (χ4n) is 2.37. The number of hydrogen-bond donors (Lipinski definition) is 1. The minimum atomic E-state index is 0.182. The maximum absolute atomic E-state index is 12.1. The number of benzene rings is 1. The second kappa shape index (κ2) is 7.91. The van der Waals surface area contributed by atoms with E-state index in [4.69, 9.17) is 11.6 Å². The molecule has 1 aromatic carbocycles. The van der Waals surface area contributed by atoms with E-state index >= 15 is 0 Å². The van der Waals surface area contributed by atoms with Crippen LogP contribution in [0.2, 0.25) is 5.02 Å². The van der Waals surface area contributed by atoms with Gasteiger partial charge in [-0.2, -0.15) is 0 Å². The Balaban J connectivity index is 1.73. The lowest BCUT2D eigenvalue weighted by atomic mass is 9.99. The number of hydrogen-bond acceptors (Lipinski definition) is 3. The minimum Gasteiger partial charge on any atom is -0.396 e. The van der Waals surface area contributed by atoms with Gasteiger partial charge < -0.3 is 10.0 Å². The van der Waals surface area contributed by atoms with Gasteiger partial charge in [0, 0.05) is 30.5 Å². The lowest BCUT2D eigenvalue weighted by Gasteiger charge is -2.31. The number of rotatable bonds is 5. The maximum atomic E-state index is 12.1. The van der Waals surface area contributed by atoms with Crippen molar-refractivity contribution in [3.05, 3.63) is 34.9 Å². The Morgan fingerprint density at radius 2 is 2.15 bits per heavy atom. The number of carbonyl (C=O) groups is 1. The average molecular weight is 314 g/mol. The molecule has 0 aromatic heterocycles. The van der Waals surface area contributed by atoms with Gasteiger partial charge in [0.25, 0.3) is 0 Å². The molecule has 110 valence electrons. The highest BCUT2D eigenvalue weighted by atomic mass is 35.5. The lowest BCUT2D eigenvalue weighted by Crippen LogP contribution is -2.41. The van der Waals surface area contributed by atoms with Crippen LogP contribution in [0, 0.1) is 5.92 Å². The summed E-state index contributed by atoms with van der Waals surface area (Å²) in [5.41, 5.74) is 1.18. The number of likely N-dealkylation sites (tertiary alicyclic amines) is 1. The van der Waals surface area contributed by atoms with Gasteiger partial charge in [0.1, 0.15) is 0 Å². The molecule has 3 nitrogen and oxygen atoms in total. The van der Waals surface area contributed by atoms with E-state index in [2.05, 4.69) is 0 Å². The first-order chi connectivity index (χ1) is 9.69. The first kappa shape index (κ1) is 15.7. The van der Waals surface area contributed by atoms with Crippen LogP contribution in [-0.4, -0.2) is 41.4 Å². The molecule has 1 saturated heterocycles. The SMILES string of the molecule is O=C(CSCc1ccc(Cl)cc1)N1CCCC(CO)C1. The zero-order chi connectivity index (χ0) is 14.4. The van der Waals surface area contributed by atoms with Crippen LogP contribution in [0.3, 0.4) is 0 Å². The first-order valence-electron chi connectivity index (χ1n) is 6.90. The number of amides is 1. The number of aliphatic hydroxyl groups is 1. The van der Waals surface area contributed by atoms with Crippen LogP contribution in [0.1, 0.15) is 18.4 Å². The number of piperidine rings is 1. The van der Waals surface area contributed by atoms with E-state index in [1.807, 2.05) is 29.2 Å². The van der Waals surface area contributed by atoms with Gasteiger partial charge in [-0.25, -0.2) is 0 Å². The third-order valence-electron chi connectivity index (χ3n) is 3.54. The van der Waals surface area contributed by atoms with Crippen molar-refractivity contribution >= 4 is 29.3 Å². The van der Waals surface area contributed by atoms with E-state index in [1.54, 1.807) is 11.8 Å². The Morgan fingerprint density at radius 1 is 1.40 bits per heavy atom. The van der Waals surface area contributed by atoms with Gasteiger partial charge >= 0.3 is 0 Å². The molecule has 0 spiro atoms.